The Morgan fingerprint density at radius 2 is 1.56 bits per heavy atom. The zero-order valence-electron chi connectivity index (χ0n) is 13.3. The molecule has 0 saturated heterocycles. The van der Waals surface area contributed by atoms with Gasteiger partial charge in [-0.05, 0) is 34.9 Å². The van der Waals surface area contributed by atoms with E-state index in [-0.39, 0.29) is 11.3 Å². The van der Waals surface area contributed by atoms with Crippen LogP contribution in [-0.4, -0.2) is 25.5 Å². The topological polar surface area (TPSA) is 83.5 Å². The van der Waals surface area contributed by atoms with Crippen LogP contribution in [0.5, 0.6) is 0 Å². The standard InChI is InChI=1S/C19H17NO4S/c21-19(22)18(12-14-6-2-1-3-7-14)20-25(23,24)17-11-10-15-8-4-5-9-16(15)13-17/h1-11,13,18,20H,12H2,(H,21,22)/t18-/m1/s1. The Morgan fingerprint density at radius 1 is 0.920 bits per heavy atom. The predicted octanol–water partition coefficient (Wildman–Crippen LogP) is 2.81. The Balaban J connectivity index is 1.87. The molecule has 5 nitrogen and oxygen atoms in total. The molecule has 25 heavy (non-hydrogen) atoms. The molecule has 6 heteroatoms. The van der Waals surface area contributed by atoms with E-state index in [0.717, 1.165) is 16.3 Å². The number of nitrogens with one attached hydrogen (secondary N) is 1. The molecule has 3 aromatic carbocycles. The predicted molar refractivity (Wildman–Crippen MR) is 95.8 cm³/mol. The second-order valence-electron chi connectivity index (χ2n) is 5.71. The summed E-state index contributed by atoms with van der Waals surface area (Å²) in [6.07, 6.45) is 0.0724. The van der Waals surface area contributed by atoms with Crippen molar-refractivity contribution in [1.82, 2.24) is 4.72 Å². The van der Waals surface area contributed by atoms with Crippen LogP contribution >= 0.6 is 0 Å². The highest BCUT2D eigenvalue weighted by Gasteiger charge is 2.25. The maximum atomic E-state index is 12.6. The minimum absolute atomic E-state index is 0.0468. The first-order valence-corrected chi connectivity index (χ1v) is 9.22. The van der Waals surface area contributed by atoms with Gasteiger partial charge < -0.3 is 5.11 Å². The lowest BCUT2D eigenvalue weighted by molar-refractivity contribution is -0.138. The smallest absolute Gasteiger partial charge is 0.322 e. The van der Waals surface area contributed by atoms with E-state index in [2.05, 4.69) is 4.72 Å². The molecule has 0 radical (unpaired) electrons. The molecule has 0 saturated carbocycles. The molecule has 0 aliphatic carbocycles. The van der Waals surface area contributed by atoms with Gasteiger partial charge in [-0.2, -0.15) is 4.72 Å². The van der Waals surface area contributed by atoms with E-state index in [0.29, 0.717) is 0 Å². The molecular formula is C19H17NO4S. The van der Waals surface area contributed by atoms with Crippen LogP contribution in [0, 0.1) is 0 Å². The van der Waals surface area contributed by atoms with Gasteiger partial charge in [-0.3, -0.25) is 4.79 Å². The average molecular weight is 355 g/mol. The zero-order valence-corrected chi connectivity index (χ0v) is 14.1. The maximum absolute atomic E-state index is 12.6. The molecule has 0 aliphatic heterocycles. The number of rotatable bonds is 6. The van der Waals surface area contributed by atoms with E-state index < -0.39 is 22.0 Å². The molecule has 128 valence electrons. The lowest BCUT2D eigenvalue weighted by Gasteiger charge is -2.15. The van der Waals surface area contributed by atoms with Crippen LogP contribution in [0.1, 0.15) is 5.56 Å². The Bertz CT molecular complexity index is 1000. The third-order valence-electron chi connectivity index (χ3n) is 3.91. The van der Waals surface area contributed by atoms with Crippen LogP contribution in [0.3, 0.4) is 0 Å². The highest BCUT2D eigenvalue weighted by atomic mass is 32.2. The van der Waals surface area contributed by atoms with Gasteiger partial charge in [0.15, 0.2) is 0 Å². The van der Waals surface area contributed by atoms with E-state index >= 15 is 0 Å². The minimum Gasteiger partial charge on any atom is -0.480 e. The molecule has 1 atom stereocenters. The van der Waals surface area contributed by atoms with E-state index in [1.54, 1.807) is 36.4 Å². The number of carboxylic acid groups (broad SMARTS) is 1. The summed E-state index contributed by atoms with van der Waals surface area (Å²) in [4.78, 5) is 11.5. The number of carbonyl (C=O) groups is 1. The molecule has 2 N–H and O–H groups in total. The average Bonchev–Trinajstić information content (AvgIpc) is 2.61. The number of hydrogen-bond acceptors (Lipinski definition) is 3. The van der Waals surface area contributed by atoms with Crippen molar-refractivity contribution in [2.24, 2.45) is 0 Å². The molecule has 0 amide bonds. The van der Waals surface area contributed by atoms with Crippen molar-refractivity contribution < 1.29 is 18.3 Å². The second-order valence-corrected chi connectivity index (χ2v) is 7.42. The molecule has 0 spiro atoms. The van der Waals surface area contributed by atoms with Crippen LogP contribution in [0.15, 0.2) is 77.7 Å². The summed E-state index contributed by atoms with van der Waals surface area (Å²) in [5.41, 5.74) is 0.746. The third kappa shape index (κ3) is 4.04. The fourth-order valence-electron chi connectivity index (χ4n) is 2.62. The van der Waals surface area contributed by atoms with Crippen molar-refractivity contribution in [1.29, 1.82) is 0 Å². The van der Waals surface area contributed by atoms with Crippen LogP contribution in [0.25, 0.3) is 10.8 Å². The molecule has 0 heterocycles. The zero-order chi connectivity index (χ0) is 17.9. The van der Waals surface area contributed by atoms with Gasteiger partial charge in [0, 0.05) is 0 Å². The Hall–Kier alpha value is -2.70. The molecule has 0 unspecified atom stereocenters. The number of fused-ring (bicyclic) bond motifs is 1. The number of aliphatic carboxylic acids is 1. The van der Waals surface area contributed by atoms with Crippen LogP contribution in [-0.2, 0) is 21.2 Å². The molecule has 0 aliphatic rings. The van der Waals surface area contributed by atoms with Gasteiger partial charge in [-0.1, -0.05) is 60.7 Å². The Labute approximate surface area is 146 Å². The van der Waals surface area contributed by atoms with Crippen LogP contribution < -0.4 is 4.72 Å². The van der Waals surface area contributed by atoms with Crippen molar-refractivity contribution in [2.45, 2.75) is 17.4 Å². The highest BCUT2D eigenvalue weighted by Crippen LogP contribution is 2.19. The third-order valence-corrected chi connectivity index (χ3v) is 5.38. The summed E-state index contributed by atoms with van der Waals surface area (Å²) in [5.74, 6) is -1.21. The van der Waals surface area contributed by atoms with Crippen molar-refractivity contribution in [3.05, 3.63) is 78.4 Å². The van der Waals surface area contributed by atoms with Crippen molar-refractivity contribution in [3.63, 3.8) is 0 Å². The number of hydrogen-bond donors (Lipinski definition) is 2. The molecule has 3 rings (SSSR count). The molecule has 0 aromatic heterocycles. The van der Waals surface area contributed by atoms with Crippen molar-refractivity contribution >= 4 is 26.8 Å². The quantitative estimate of drug-likeness (QED) is 0.712. The van der Waals surface area contributed by atoms with Gasteiger partial charge in [0.1, 0.15) is 6.04 Å². The molecule has 0 fully saturated rings. The molecular weight excluding hydrogens is 338 g/mol. The van der Waals surface area contributed by atoms with E-state index in [1.165, 1.54) is 6.07 Å². The SMILES string of the molecule is O=C(O)[C@@H](Cc1ccccc1)NS(=O)(=O)c1ccc2ccccc2c1. The largest absolute Gasteiger partial charge is 0.480 e. The van der Waals surface area contributed by atoms with Gasteiger partial charge in [-0.25, -0.2) is 8.42 Å². The van der Waals surface area contributed by atoms with Crippen LogP contribution in [0.4, 0.5) is 0 Å². The Morgan fingerprint density at radius 3 is 2.24 bits per heavy atom. The number of sulfonamides is 1. The minimum atomic E-state index is -3.95. The molecule has 0 bridgehead atoms. The summed E-state index contributed by atoms with van der Waals surface area (Å²) in [6.45, 7) is 0. The maximum Gasteiger partial charge on any atom is 0.322 e. The van der Waals surface area contributed by atoms with E-state index in [9.17, 15) is 18.3 Å². The van der Waals surface area contributed by atoms with Gasteiger partial charge in [-0.15, -0.1) is 0 Å². The highest BCUT2D eigenvalue weighted by molar-refractivity contribution is 7.89. The summed E-state index contributed by atoms with van der Waals surface area (Å²) in [5, 5.41) is 11.1. The normalized spacial score (nSPS) is 12.8. The fraction of sp³-hybridized carbons (Fsp3) is 0.105. The number of benzene rings is 3. The number of carboxylic acids is 1. The summed E-state index contributed by atoms with van der Waals surface area (Å²) >= 11 is 0. The van der Waals surface area contributed by atoms with Gasteiger partial charge in [0.25, 0.3) is 0 Å². The van der Waals surface area contributed by atoms with E-state index in [1.807, 2.05) is 30.3 Å². The molecule has 3 aromatic rings. The summed E-state index contributed by atoms with van der Waals surface area (Å²) in [7, 11) is -3.95. The first-order valence-electron chi connectivity index (χ1n) is 7.73. The monoisotopic (exact) mass is 355 g/mol. The first-order chi connectivity index (χ1) is 12.0. The summed E-state index contributed by atoms with van der Waals surface area (Å²) < 4.78 is 27.5. The fourth-order valence-corrected chi connectivity index (χ4v) is 3.84. The van der Waals surface area contributed by atoms with Crippen molar-refractivity contribution in [2.75, 3.05) is 0 Å². The lowest BCUT2D eigenvalue weighted by Crippen LogP contribution is -2.42. The second kappa shape index (κ2) is 7.04. The summed E-state index contributed by atoms with van der Waals surface area (Å²) in [6, 6.07) is 19.8. The van der Waals surface area contributed by atoms with Gasteiger partial charge >= 0.3 is 5.97 Å². The lowest BCUT2D eigenvalue weighted by atomic mass is 10.1. The van der Waals surface area contributed by atoms with Crippen molar-refractivity contribution in [3.8, 4) is 0 Å². The van der Waals surface area contributed by atoms with Crippen LogP contribution in [0.2, 0.25) is 0 Å². The van der Waals surface area contributed by atoms with E-state index in [4.69, 9.17) is 0 Å². The van der Waals surface area contributed by atoms with Gasteiger partial charge in [0.2, 0.25) is 10.0 Å². The Kier molecular flexibility index (Phi) is 4.83. The first kappa shape index (κ1) is 17.1. The van der Waals surface area contributed by atoms with Gasteiger partial charge in [0.05, 0.1) is 4.90 Å².